The van der Waals surface area contributed by atoms with Crippen molar-refractivity contribution in [1.29, 1.82) is 0 Å². The summed E-state index contributed by atoms with van der Waals surface area (Å²) in [5, 5.41) is 5.29. The van der Waals surface area contributed by atoms with Gasteiger partial charge in [-0.1, -0.05) is 27.5 Å². The highest BCUT2D eigenvalue weighted by Crippen LogP contribution is 2.38. The van der Waals surface area contributed by atoms with Gasteiger partial charge in [0.1, 0.15) is 0 Å². The first-order chi connectivity index (χ1) is 9.58. The van der Waals surface area contributed by atoms with E-state index in [0.717, 1.165) is 58.0 Å². The standard InChI is InChI=1S/C15H17BrClN3.ClH/c1-9-7-11(16)8-12-14(9)19-10(2)13(17)15(12)20-5-3-18-4-6-20;/h7-8,18H,3-6H2,1-2H3;1H. The molecule has 21 heavy (non-hydrogen) atoms. The molecule has 0 amide bonds. The first kappa shape index (κ1) is 16.8. The van der Waals surface area contributed by atoms with Gasteiger partial charge in [-0.25, -0.2) is 0 Å². The molecule has 1 aliphatic rings. The van der Waals surface area contributed by atoms with E-state index < -0.39 is 0 Å². The van der Waals surface area contributed by atoms with Crippen LogP contribution in [0.4, 0.5) is 5.69 Å². The fourth-order valence-electron chi connectivity index (χ4n) is 2.77. The molecule has 0 atom stereocenters. The first-order valence-electron chi connectivity index (χ1n) is 6.79. The highest BCUT2D eigenvalue weighted by Gasteiger charge is 2.20. The fourth-order valence-corrected chi connectivity index (χ4v) is 3.60. The van der Waals surface area contributed by atoms with Crippen LogP contribution >= 0.6 is 39.9 Å². The monoisotopic (exact) mass is 389 g/mol. The van der Waals surface area contributed by atoms with Crippen molar-refractivity contribution in [3.05, 3.63) is 32.9 Å². The zero-order chi connectivity index (χ0) is 14.3. The molecule has 0 bridgehead atoms. The molecule has 2 aromatic rings. The lowest BCUT2D eigenvalue weighted by Crippen LogP contribution is -2.43. The van der Waals surface area contributed by atoms with E-state index in [0.29, 0.717) is 0 Å². The number of aryl methyl sites for hydroxylation is 2. The minimum atomic E-state index is 0. The van der Waals surface area contributed by atoms with Crippen molar-refractivity contribution in [3.8, 4) is 0 Å². The third kappa shape index (κ3) is 3.14. The summed E-state index contributed by atoms with van der Waals surface area (Å²) in [4.78, 5) is 7.04. The Morgan fingerprint density at radius 1 is 1.24 bits per heavy atom. The van der Waals surface area contributed by atoms with E-state index >= 15 is 0 Å². The lowest BCUT2D eigenvalue weighted by molar-refractivity contribution is 0.590. The van der Waals surface area contributed by atoms with E-state index in [2.05, 4.69) is 50.2 Å². The second-order valence-electron chi connectivity index (χ2n) is 5.22. The van der Waals surface area contributed by atoms with Crippen molar-refractivity contribution in [3.63, 3.8) is 0 Å². The largest absolute Gasteiger partial charge is 0.367 e. The summed E-state index contributed by atoms with van der Waals surface area (Å²) in [6, 6.07) is 4.22. The highest BCUT2D eigenvalue weighted by atomic mass is 79.9. The van der Waals surface area contributed by atoms with Crippen molar-refractivity contribution in [2.75, 3.05) is 31.1 Å². The molecule has 1 fully saturated rings. The number of hydrogen-bond donors (Lipinski definition) is 1. The van der Waals surface area contributed by atoms with E-state index in [-0.39, 0.29) is 12.4 Å². The summed E-state index contributed by atoms with van der Waals surface area (Å²) >= 11 is 10.2. The van der Waals surface area contributed by atoms with Crippen molar-refractivity contribution in [1.82, 2.24) is 10.3 Å². The molecule has 0 radical (unpaired) electrons. The molecular weight excluding hydrogens is 373 g/mol. The van der Waals surface area contributed by atoms with Crippen LogP contribution in [0.5, 0.6) is 0 Å². The Morgan fingerprint density at radius 2 is 1.90 bits per heavy atom. The molecule has 0 saturated carbocycles. The number of pyridine rings is 1. The molecule has 1 aromatic carbocycles. The van der Waals surface area contributed by atoms with E-state index in [1.807, 2.05) is 6.92 Å². The highest BCUT2D eigenvalue weighted by molar-refractivity contribution is 9.10. The SMILES string of the molecule is Cc1nc2c(C)cc(Br)cc2c(N2CCNCC2)c1Cl.Cl. The van der Waals surface area contributed by atoms with E-state index in [1.165, 1.54) is 5.56 Å². The molecule has 0 aliphatic carbocycles. The Morgan fingerprint density at radius 3 is 2.57 bits per heavy atom. The van der Waals surface area contributed by atoms with Gasteiger partial charge in [0.15, 0.2) is 0 Å². The Bertz CT molecular complexity index is 670. The van der Waals surface area contributed by atoms with Crippen molar-refractivity contribution in [2.24, 2.45) is 0 Å². The zero-order valence-electron chi connectivity index (χ0n) is 12.0. The van der Waals surface area contributed by atoms with Gasteiger partial charge < -0.3 is 10.2 Å². The molecule has 1 aliphatic heterocycles. The summed E-state index contributed by atoms with van der Waals surface area (Å²) in [6.07, 6.45) is 0. The molecule has 3 nitrogen and oxygen atoms in total. The van der Waals surface area contributed by atoms with Crippen LogP contribution in [-0.4, -0.2) is 31.2 Å². The number of rotatable bonds is 1. The van der Waals surface area contributed by atoms with Gasteiger partial charge in [0.05, 0.1) is 21.9 Å². The first-order valence-corrected chi connectivity index (χ1v) is 7.96. The molecule has 0 spiro atoms. The number of aromatic nitrogens is 1. The molecule has 2 heterocycles. The summed E-state index contributed by atoms with van der Waals surface area (Å²) in [7, 11) is 0. The van der Waals surface area contributed by atoms with Gasteiger partial charge >= 0.3 is 0 Å². The summed E-state index contributed by atoms with van der Waals surface area (Å²) < 4.78 is 1.07. The number of halogens is 3. The number of hydrogen-bond acceptors (Lipinski definition) is 3. The van der Waals surface area contributed by atoms with Crippen LogP contribution in [0, 0.1) is 13.8 Å². The maximum absolute atomic E-state index is 6.57. The lowest BCUT2D eigenvalue weighted by Gasteiger charge is -2.31. The maximum Gasteiger partial charge on any atom is 0.0858 e. The topological polar surface area (TPSA) is 28.2 Å². The van der Waals surface area contributed by atoms with E-state index in [9.17, 15) is 0 Å². The second-order valence-corrected chi connectivity index (χ2v) is 6.51. The summed E-state index contributed by atoms with van der Waals surface area (Å²) in [5.74, 6) is 0. The average molecular weight is 391 g/mol. The predicted molar refractivity (Wildman–Crippen MR) is 96.3 cm³/mol. The summed E-state index contributed by atoms with van der Waals surface area (Å²) in [6.45, 7) is 8.01. The smallest absolute Gasteiger partial charge is 0.0858 e. The number of piperazine rings is 1. The van der Waals surface area contributed by atoms with Gasteiger partial charge in [0.25, 0.3) is 0 Å². The van der Waals surface area contributed by atoms with Gasteiger partial charge in [-0.3, -0.25) is 4.98 Å². The summed E-state index contributed by atoms with van der Waals surface area (Å²) in [5.41, 5.74) is 4.24. The van der Waals surface area contributed by atoms with E-state index in [1.54, 1.807) is 0 Å². The van der Waals surface area contributed by atoms with Crippen LogP contribution in [0.2, 0.25) is 5.02 Å². The van der Waals surface area contributed by atoms with Crippen LogP contribution < -0.4 is 10.2 Å². The van der Waals surface area contributed by atoms with Crippen molar-refractivity contribution < 1.29 is 0 Å². The van der Waals surface area contributed by atoms with Crippen LogP contribution in [0.3, 0.4) is 0 Å². The molecule has 6 heteroatoms. The number of nitrogens with one attached hydrogen (secondary N) is 1. The molecule has 1 N–H and O–H groups in total. The molecular formula is C15H18BrCl2N3. The second kappa shape index (κ2) is 6.69. The van der Waals surface area contributed by atoms with Crippen LogP contribution in [0.1, 0.15) is 11.3 Å². The Kier molecular flexibility index (Phi) is 5.36. The van der Waals surface area contributed by atoms with Gasteiger partial charge in [0.2, 0.25) is 0 Å². The van der Waals surface area contributed by atoms with Gasteiger partial charge in [-0.05, 0) is 31.5 Å². The quantitative estimate of drug-likeness (QED) is 0.794. The Hall–Kier alpha value is -0.550. The minimum absolute atomic E-state index is 0. The van der Waals surface area contributed by atoms with Gasteiger partial charge in [-0.15, -0.1) is 12.4 Å². The minimum Gasteiger partial charge on any atom is -0.367 e. The van der Waals surface area contributed by atoms with E-state index in [4.69, 9.17) is 11.6 Å². The molecule has 1 saturated heterocycles. The maximum atomic E-state index is 6.57. The van der Waals surface area contributed by atoms with Crippen LogP contribution in [-0.2, 0) is 0 Å². The third-order valence-electron chi connectivity index (χ3n) is 3.76. The Labute approximate surface area is 144 Å². The van der Waals surface area contributed by atoms with Crippen LogP contribution in [0.15, 0.2) is 16.6 Å². The van der Waals surface area contributed by atoms with Crippen molar-refractivity contribution >= 4 is 56.5 Å². The molecule has 0 unspecified atom stereocenters. The normalized spacial score (nSPS) is 15.1. The molecule has 3 rings (SSSR count). The molecule has 114 valence electrons. The van der Waals surface area contributed by atoms with Gasteiger partial charge in [-0.2, -0.15) is 0 Å². The number of benzene rings is 1. The van der Waals surface area contributed by atoms with Crippen LogP contribution in [0.25, 0.3) is 10.9 Å². The van der Waals surface area contributed by atoms with Gasteiger partial charge in [0, 0.05) is 36.0 Å². The fraction of sp³-hybridized carbons (Fsp3) is 0.400. The predicted octanol–water partition coefficient (Wildman–Crippen LogP) is 4.10. The Balaban J connectivity index is 0.00000161. The lowest BCUT2D eigenvalue weighted by atomic mass is 10.1. The zero-order valence-corrected chi connectivity index (χ0v) is 15.2. The number of anilines is 1. The number of fused-ring (bicyclic) bond motifs is 1. The van der Waals surface area contributed by atoms with Crippen molar-refractivity contribution in [2.45, 2.75) is 13.8 Å². The third-order valence-corrected chi connectivity index (χ3v) is 4.67. The average Bonchev–Trinajstić information content (AvgIpc) is 2.42. The molecule has 1 aromatic heterocycles. The number of nitrogens with zero attached hydrogens (tertiary/aromatic N) is 2.